The first kappa shape index (κ1) is 16.2. The zero-order chi connectivity index (χ0) is 17.8. The third kappa shape index (κ3) is 3.53. The van der Waals surface area contributed by atoms with E-state index in [4.69, 9.17) is 4.74 Å². The number of carbonyl (C=O) groups excluding carboxylic acids is 1. The van der Waals surface area contributed by atoms with Crippen molar-refractivity contribution in [1.82, 2.24) is 29.9 Å². The molecule has 0 radical (unpaired) electrons. The van der Waals surface area contributed by atoms with Gasteiger partial charge in [0.2, 0.25) is 0 Å². The van der Waals surface area contributed by atoms with Crippen LogP contribution in [-0.4, -0.2) is 55.0 Å². The number of hydrogen-bond donors (Lipinski definition) is 0. The monoisotopic (exact) mass is 350 g/mol. The highest BCUT2D eigenvalue weighted by molar-refractivity contribution is 5.92. The average molecular weight is 350 g/mol. The number of ether oxygens (including phenoxy) is 1. The molecule has 1 aromatic carbocycles. The van der Waals surface area contributed by atoms with Gasteiger partial charge in [0.05, 0.1) is 11.9 Å². The standard InChI is InChI=1S/C18H18N6O2/c25-17(16-13-21-24(22-16)14-5-2-1-3-6-14)23-11-7-15(8-12-23)26-18-19-9-4-10-20-18/h1-6,9-10,13,15H,7-8,11-12H2. The van der Waals surface area contributed by atoms with Gasteiger partial charge in [-0.25, -0.2) is 9.97 Å². The highest BCUT2D eigenvalue weighted by atomic mass is 16.5. The van der Waals surface area contributed by atoms with Gasteiger partial charge in [0, 0.05) is 38.3 Å². The number of nitrogens with zero attached hydrogens (tertiary/aromatic N) is 6. The van der Waals surface area contributed by atoms with Crippen molar-refractivity contribution in [2.24, 2.45) is 0 Å². The highest BCUT2D eigenvalue weighted by Crippen LogP contribution is 2.17. The summed E-state index contributed by atoms with van der Waals surface area (Å²) in [6, 6.07) is 11.6. The quantitative estimate of drug-likeness (QED) is 0.712. The first-order chi connectivity index (χ1) is 12.8. The van der Waals surface area contributed by atoms with Gasteiger partial charge in [-0.3, -0.25) is 4.79 Å². The van der Waals surface area contributed by atoms with E-state index in [-0.39, 0.29) is 12.0 Å². The average Bonchev–Trinajstić information content (AvgIpc) is 3.20. The smallest absolute Gasteiger partial charge is 0.316 e. The van der Waals surface area contributed by atoms with Gasteiger partial charge in [-0.1, -0.05) is 18.2 Å². The molecular weight excluding hydrogens is 332 g/mol. The molecule has 1 saturated heterocycles. The minimum absolute atomic E-state index is 0.0152. The van der Waals surface area contributed by atoms with Gasteiger partial charge in [-0.15, -0.1) is 5.10 Å². The summed E-state index contributed by atoms with van der Waals surface area (Å²) in [7, 11) is 0. The molecule has 132 valence electrons. The van der Waals surface area contributed by atoms with E-state index in [1.165, 1.54) is 11.0 Å². The molecule has 3 heterocycles. The molecule has 1 amide bonds. The molecule has 0 atom stereocenters. The fourth-order valence-corrected chi connectivity index (χ4v) is 2.88. The lowest BCUT2D eigenvalue weighted by Crippen LogP contribution is -2.42. The van der Waals surface area contributed by atoms with Gasteiger partial charge >= 0.3 is 6.01 Å². The maximum atomic E-state index is 12.7. The Hall–Kier alpha value is -3.29. The Morgan fingerprint density at radius 3 is 2.50 bits per heavy atom. The second-order valence-electron chi connectivity index (χ2n) is 6.00. The van der Waals surface area contributed by atoms with Crippen molar-refractivity contribution in [3.05, 3.63) is 60.7 Å². The Morgan fingerprint density at radius 2 is 1.77 bits per heavy atom. The summed E-state index contributed by atoms with van der Waals surface area (Å²) in [6.07, 6.45) is 6.29. The number of para-hydroxylation sites is 1. The molecule has 0 bridgehead atoms. The van der Waals surface area contributed by atoms with E-state index >= 15 is 0 Å². The normalized spacial score (nSPS) is 15.0. The molecule has 4 rings (SSSR count). The van der Waals surface area contributed by atoms with Gasteiger partial charge in [0.25, 0.3) is 5.91 Å². The predicted molar refractivity (Wildman–Crippen MR) is 92.9 cm³/mol. The first-order valence-corrected chi connectivity index (χ1v) is 8.50. The Morgan fingerprint density at radius 1 is 1.04 bits per heavy atom. The molecule has 8 nitrogen and oxygen atoms in total. The number of piperidine rings is 1. The van der Waals surface area contributed by atoms with Crippen LogP contribution in [-0.2, 0) is 0 Å². The summed E-state index contributed by atoms with van der Waals surface area (Å²) in [5.74, 6) is -0.110. The summed E-state index contributed by atoms with van der Waals surface area (Å²) in [5, 5.41) is 8.50. The summed E-state index contributed by atoms with van der Waals surface area (Å²) in [5.41, 5.74) is 1.17. The van der Waals surface area contributed by atoms with E-state index in [2.05, 4.69) is 20.2 Å². The lowest BCUT2D eigenvalue weighted by atomic mass is 10.1. The zero-order valence-electron chi connectivity index (χ0n) is 14.1. The summed E-state index contributed by atoms with van der Waals surface area (Å²) < 4.78 is 5.76. The fraction of sp³-hybridized carbons (Fsp3) is 0.278. The molecule has 1 fully saturated rings. The second-order valence-corrected chi connectivity index (χ2v) is 6.00. The maximum absolute atomic E-state index is 12.7. The number of rotatable bonds is 4. The van der Waals surface area contributed by atoms with Crippen molar-refractivity contribution in [2.45, 2.75) is 18.9 Å². The predicted octanol–water partition coefficient (Wildman–Crippen LogP) is 1.74. The molecule has 26 heavy (non-hydrogen) atoms. The minimum Gasteiger partial charge on any atom is -0.460 e. The highest BCUT2D eigenvalue weighted by Gasteiger charge is 2.26. The third-order valence-corrected chi connectivity index (χ3v) is 4.24. The molecule has 1 aliphatic rings. The van der Waals surface area contributed by atoms with E-state index in [0.29, 0.717) is 24.8 Å². The number of hydrogen-bond acceptors (Lipinski definition) is 6. The maximum Gasteiger partial charge on any atom is 0.316 e. The van der Waals surface area contributed by atoms with E-state index < -0.39 is 0 Å². The Kier molecular flexibility index (Phi) is 4.55. The van der Waals surface area contributed by atoms with Crippen LogP contribution in [0.2, 0.25) is 0 Å². The third-order valence-electron chi connectivity index (χ3n) is 4.24. The number of aromatic nitrogens is 5. The van der Waals surface area contributed by atoms with Crippen LogP contribution in [0.15, 0.2) is 55.0 Å². The first-order valence-electron chi connectivity index (χ1n) is 8.50. The Balaban J connectivity index is 1.36. The van der Waals surface area contributed by atoms with Crippen LogP contribution in [0.4, 0.5) is 0 Å². The van der Waals surface area contributed by atoms with Gasteiger partial charge in [0.1, 0.15) is 6.10 Å². The second kappa shape index (κ2) is 7.30. The van der Waals surface area contributed by atoms with Crippen LogP contribution in [0, 0.1) is 0 Å². The molecular formula is C18H18N6O2. The van der Waals surface area contributed by atoms with Gasteiger partial charge in [-0.05, 0) is 18.2 Å². The minimum atomic E-state index is -0.110. The molecule has 0 saturated carbocycles. The summed E-state index contributed by atoms with van der Waals surface area (Å²) in [4.78, 5) is 24.0. The number of benzene rings is 1. The van der Waals surface area contributed by atoms with Crippen molar-refractivity contribution in [2.75, 3.05) is 13.1 Å². The zero-order valence-corrected chi connectivity index (χ0v) is 14.1. The van der Waals surface area contributed by atoms with Crippen LogP contribution < -0.4 is 4.74 Å². The molecule has 0 aliphatic carbocycles. The number of likely N-dealkylation sites (tertiary alicyclic amines) is 1. The molecule has 8 heteroatoms. The van der Waals surface area contributed by atoms with Crippen LogP contribution in [0.3, 0.4) is 0 Å². The lowest BCUT2D eigenvalue weighted by Gasteiger charge is -2.31. The molecule has 0 N–H and O–H groups in total. The van der Waals surface area contributed by atoms with Crippen LogP contribution in [0.25, 0.3) is 5.69 Å². The molecule has 3 aromatic rings. The summed E-state index contributed by atoms with van der Waals surface area (Å²) in [6.45, 7) is 1.21. The van der Waals surface area contributed by atoms with Gasteiger partial charge in [-0.2, -0.15) is 9.90 Å². The van der Waals surface area contributed by atoms with Crippen molar-refractivity contribution < 1.29 is 9.53 Å². The van der Waals surface area contributed by atoms with Crippen LogP contribution in [0.1, 0.15) is 23.3 Å². The Bertz CT molecular complexity index is 860. The molecule has 2 aromatic heterocycles. The molecule has 0 spiro atoms. The number of amides is 1. The van der Waals surface area contributed by atoms with Crippen molar-refractivity contribution in [3.8, 4) is 11.7 Å². The van der Waals surface area contributed by atoms with Crippen LogP contribution in [0.5, 0.6) is 6.01 Å². The lowest BCUT2D eigenvalue weighted by molar-refractivity contribution is 0.0573. The van der Waals surface area contributed by atoms with E-state index in [9.17, 15) is 4.79 Å². The van der Waals surface area contributed by atoms with E-state index in [1.807, 2.05) is 30.3 Å². The van der Waals surface area contributed by atoms with Crippen molar-refractivity contribution in [1.29, 1.82) is 0 Å². The fourth-order valence-electron chi connectivity index (χ4n) is 2.88. The molecule has 1 aliphatic heterocycles. The number of carbonyl (C=O) groups is 1. The largest absolute Gasteiger partial charge is 0.460 e. The Labute approximate surface area is 150 Å². The van der Waals surface area contributed by atoms with Gasteiger partial charge < -0.3 is 9.64 Å². The van der Waals surface area contributed by atoms with Crippen molar-refractivity contribution in [3.63, 3.8) is 0 Å². The molecule has 0 unspecified atom stereocenters. The van der Waals surface area contributed by atoms with Crippen molar-refractivity contribution >= 4 is 5.91 Å². The van der Waals surface area contributed by atoms with Crippen LogP contribution >= 0.6 is 0 Å². The van der Waals surface area contributed by atoms with Gasteiger partial charge in [0.15, 0.2) is 5.69 Å². The summed E-state index contributed by atoms with van der Waals surface area (Å²) >= 11 is 0. The van der Waals surface area contributed by atoms with E-state index in [1.54, 1.807) is 23.4 Å². The van der Waals surface area contributed by atoms with E-state index in [0.717, 1.165) is 18.5 Å². The SMILES string of the molecule is O=C(c1cnn(-c2ccccc2)n1)N1CCC(Oc2ncccn2)CC1. The topological polar surface area (TPSA) is 86.0 Å².